The van der Waals surface area contributed by atoms with Gasteiger partial charge in [-0.1, -0.05) is 6.07 Å². The van der Waals surface area contributed by atoms with E-state index >= 15 is 0 Å². The minimum absolute atomic E-state index is 0.0499. The number of carboxylic acid groups (broad SMARTS) is 1. The molecule has 0 saturated carbocycles. The van der Waals surface area contributed by atoms with Crippen LogP contribution in [0.25, 0.3) is 10.9 Å². The Morgan fingerprint density at radius 2 is 1.87 bits per heavy atom. The Morgan fingerprint density at radius 3 is 2.42 bits per heavy atom. The van der Waals surface area contributed by atoms with Crippen LogP contribution >= 0.6 is 15.9 Å². The molecule has 10 heteroatoms. The summed E-state index contributed by atoms with van der Waals surface area (Å²) in [7, 11) is 0. The van der Waals surface area contributed by atoms with Gasteiger partial charge in [0.05, 0.1) is 10.0 Å². The average molecular weight is 501 g/mol. The molecule has 0 aliphatic heterocycles. The van der Waals surface area contributed by atoms with Crippen molar-refractivity contribution in [3.8, 4) is 0 Å². The molecule has 0 spiro atoms. The maximum Gasteiger partial charge on any atom is 0.412 e. The van der Waals surface area contributed by atoms with E-state index in [0.717, 1.165) is 18.2 Å². The number of amides is 1. The van der Waals surface area contributed by atoms with E-state index in [4.69, 9.17) is 0 Å². The van der Waals surface area contributed by atoms with Crippen molar-refractivity contribution >= 4 is 38.7 Å². The monoisotopic (exact) mass is 500 g/mol. The van der Waals surface area contributed by atoms with Crippen LogP contribution in [-0.2, 0) is 6.54 Å². The van der Waals surface area contributed by atoms with Crippen molar-refractivity contribution < 1.29 is 32.3 Å². The Balaban J connectivity index is 2.09. The predicted molar refractivity (Wildman–Crippen MR) is 110 cm³/mol. The number of carboxylic acids is 1. The third kappa shape index (κ3) is 4.43. The van der Waals surface area contributed by atoms with Crippen molar-refractivity contribution in [1.29, 1.82) is 0 Å². The summed E-state index contributed by atoms with van der Waals surface area (Å²) in [5, 5.41) is 11.7. The second-order valence-corrected chi connectivity index (χ2v) is 7.80. The number of alkyl halides is 3. The quantitative estimate of drug-likeness (QED) is 0.447. The van der Waals surface area contributed by atoms with E-state index in [0.29, 0.717) is 11.1 Å². The molecular formula is C21H17BrF4N2O3. The van der Waals surface area contributed by atoms with Gasteiger partial charge >= 0.3 is 12.1 Å². The fraction of sp³-hybridized carbons (Fsp3) is 0.238. The first-order valence-corrected chi connectivity index (χ1v) is 9.93. The van der Waals surface area contributed by atoms with Gasteiger partial charge in [0.2, 0.25) is 0 Å². The van der Waals surface area contributed by atoms with Gasteiger partial charge in [0.25, 0.3) is 5.91 Å². The fourth-order valence-corrected chi connectivity index (χ4v) is 3.85. The maximum absolute atomic E-state index is 13.7. The summed E-state index contributed by atoms with van der Waals surface area (Å²) in [6.07, 6.45) is -4.85. The number of aromatic nitrogens is 1. The smallest absolute Gasteiger partial charge is 0.412 e. The molecule has 5 nitrogen and oxygen atoms in total. The van der Waals surface area contributed by atoms with E-state index in [1.54, 1.807) is 19.9 Å². The molecule has 0 aliphatic rings. The second-order valence-electron chi connectivity index (χ2n) is 6.95. The minimum atomic E-state index is -4.85. The molecule has 31 heavy (non-hydrogen) atoms. The van der Waals surface area contributed by atoms with Crippen molar-refractivity contribution in [2.24, 2.45) is 0 Å². The van der Waals surface area contributed by atoms with Crippen molar-refractivity contribution in [3.05, 3.63) is 69.1 Å². The number of rotatable bonds is 5. The summed E-state index contributed by atoms with van der Waals surface area (Å²) in [5.41, 5.74) is 0.551. The molecule has 0 bridgehead atoms. The summed E-state index contributed by atoms with van der Waals surface area (Å²) >= 11 is 2.85. The van der Waals surface area contributed by atoms with E-state index in [1.165, 1.54) is 16.7 Å². The summed E-state index contributed by atoms with van der Waals surface area (Å²) in [6, 6.07) is 4.75. The van der Waals surface area contributed by atoms with Gasteiger partial charge in [0.15, 0.2) is 6.04 Å². The van der Waals surface area contributed by atoms with E-state index in [-0.39, 0.29) is 33.2 Å². The zero-order chi connectivity index (χ0) is 23.1. The maximum atomic E-state index is 13.7. The first kappa shape index (κ1) is 22.8. The standard InChI is InChI=1S/C21H17BrF4N2O3/c1-3-28-16-7-10(2)6-13(20(30)31)12(16)9-17(28)19(29)27-18(21(24,25)26)11-4-5-15(23)14(22)8-11/h4-9,18H,3H2,1-2H3,(H,27,29)(H,30,31). The van der Waals surface area contributed by atoms with Crippen LogP contribution in [0.15, 0.2) is 40.9 Å². The number of benzene rings is 2. The number of hydrogen-bond donors (Lipinski definition) is 2. The highest BCUT2D eigenvalue weighted by atomic mass is 79.9. The van der Waals surface area contributed by atoms with Crippen LogP contribution in [0.2, 0.25) is 0 Å². The van der Waals surface area contributed by atoms with Crippen LogP contribution in [0.3, 0.4) is 0 Å². The van der Waals surface area contributed by atoms with Crippen LogP contribution in [0.5, 0.6) is 0 Å². The molecule has 1 aromatic heterocycles. The lowest BCUT2D eigenvalue weighted by atomic mass is 10.1. The van der Waals surface area contributed by atoms with Crippen molar-refractivity contribution in [2.75, 3.05) is 0 Å². The Morgan fingerprint density at radius 1 is 1.19 bits per heavy atom. The molecule has 0 radical (unpaired) electrons. The van der Waals surface area contributed by atoms with Crippen LogP contribution in [0.1, 0.15) is 44.9 Å². The molecule has 1 heterocycles. The first-order valence-electron chi connectivity index (χ1n) is 9.13. The molecule has 2 aromatic carbocycles. The van der Waals surface area contributed by atoms with Gasteiger partial charge in [-0.15, -0.1) is 0 Å². The highest BCUT2D eigenvalue weighted by molar-refractivity contribution is 9.10. The molecular weight excluding hydrogens is 484 g/mol. The van der Waals surface area contributed by atoms with Gasteiger partial charge in [-0.05, 0) is 71.2 Å². The van der Waals surface area contributed by atoms with E-state index in [9.17, 15) is 32.3 Å². The van der Waals surface area contributed by atoms with Gasteiger partial charge in [-0.25, -0.2) is 9.18 Å². The van der Waals surface area contributed by atoms with Crippen LogP contribution in [-0.4, -0.2) is 27.7 Å². The number of carbonyl (C=O) groups is 2. The first-order chi connectivity index (χ1) is 14.4. The van der Waals surface area contributed by atoms with Crippen LogP contribution < -0.4 is 5.32 Å². The Labute approximate surface area is 182 Å². The number of nitrogens with zero attached hydrogens (tertiary/aromatic N) is 1. The number of fused-ring (bicyclic) bond motifs is 1. The minimum Gasteiger partial charge on any atom is -0.478 e. The Bertz CT molecular complexity index is 1190. The lowest BCUT2D eigenvalue weighted by Crippen LogP contribution is -2.38. The van der Waals surface area contributed by atoms with Crippen molar-refractivity contribution in [2.45, 2.75) is 32.6 Å². The van der Waals surface area contributed by atoms with Crippen LogP contribution in [0, 0.1) is 12.7 Å². The second kappa shape index (κ2) is 8.33. The molecule has 1 amide bonds. The molecule has 3 rings (SSSR count). The molecule has 1 unspecified atom stereocenters. The third-order valence-corrected chi connectivity index (χ3v) is 5.43. The normalized spacial score (nSPS) is 12.7. The number of nitrogens with one attached hydrogen (secondary N) is 1. The van der Waals surface area contributed by atoms with E-state index in [1.807, 2.05) is 5.32 Å². The zero-order valence-corrected chi connectivity index (χ0v) is 17.9. The van der Waals surface area contributed by atoms with E-state index in [2.05, 4.69) is 15.9 Å². The summed E-state index contributed by atoms with van der Waals surface area (Å²) < 4.78 is 55.9. The number of hydrogen-bond acceptors (Lipinski definition) is 2. The number of aryl methyl sites for hydroxylation is 2. The molecule has 2 N–H and O–H groups in total. The largest absolute Gasteiger partial charge is 0.478 e. The van der Waals surface area contributed by atoms with Gasteiger partial charge in [-0.2, -0.15) is 13.2 Å². The Kier molecular flexibility index (Phi) is 6.13. The SMILES string of the molecule is CCn1c(C(=O)NC(c2ccc(F)c(Br)c2)C(F)(F)F)cc2c(C(=O)O)cc(C)cc21. The van der Waals surface area contributed by atoms with Crippen LogP contribution in [0.4, 0.5) is 17.6 Å². The van der Waals surface area contributed by atoms with Gasteiger partial charge in [0, 0.05) is 17.4 Å². The lowest BCUT2D eigenvalue weighted by Gasteiger charge is -2.22. The van der Waals surface area contributed by atoms with E-state index < -0.39 is 29.9 Å². The zero-order valence-electron chi connectivity index (χ0n) is 16.3. The van der Waals surface area contributed by atoms with Crippen molar-refractivity contribution in [3.63, 3.8) is 0 Å². The molecule has 0 aliphatic carbocycles. The molecule has 0 saturated heterocycles. The van der Waals surface area contributed by atoms with Gasteiger partial charge in [0.1, 0.15) is 11.5 Å². The molecule has 164 valence electrons. The average Bonchev–Trinajstić information content (AvgIpc) is 3.04. The fourth-order valence-electron chi connectivity index (χ4n) is 3.45. The topological polar surface area (TPSA) is 71.3 Å². The van der Waals surface area contributed by atoms with Gasteiger partial charge in [-0.3, -0.25) is 4.79 Å². The number of halogens is 5. The summed E-state index contributed by atoms with van der Waals surface area (Å²) in [6.45, 7) is 3.61. The van der Waals surface area contributed by atoms with Crippen molar-refractivity contribution in [1.82, 2.24) is 9.88 Å². The predicted octanol–water partition coefficient (Wildman–Crippen LogP) is 5.60. The summed E-state index contributed by atoms with van der Waals surface area (Å²) in [4.78, 5) is 24.5. The highest BCUT2D eigenvalue weighted by Crippen LogP contribution is 2.35. The third-order valence-electron chi connectivity index (χ3n) is 4.82. The Hall–Kier alpha value is -2.88. The molecule has 0 fully saturated rings. The lowest BCUT2D eigenvalue weighted by molar-refractivity contribution is -0.155. The van der Waals surface area contributed by atoms with Gasteiger partial charge < -0.3 is 15.0 Å². The molecule has 3 aromatic rings. The molecule has 1 atom stereocenters. The highest BCUT2D eigenvalue weighted by Gasteiger charge is 2.42. The number of carbonyl (C=O) groups excluding carboxylic acids is 1. The number of aromatic carboxylic acids is 1. The summed E-state index contributed by atoms with van der Waals surface area (Å²) in [5.74, 6) is -2.98.